The van der Waals surface area contributed by atoms with Crippen LogP contribution >= 0.6 is 11.6 Å². The summed E-state index contributed by atoms with van der Waals surface area (Å²) >= 11 is 5.91. The summed E-state index contributed by atoms with van der Waals surface area (Å²) in [5.41, 5.74) is 1.12. The number of carbonyl (C=O) groups excluding carboxylic acids is 1. The van der Waals surface area contributed by atoms with Gasteiger partial charge in [-0.05, 0) is 36.8 Å². The minimum Gasteiger partial charge on any atom is -0.351 e. The summed E-state index contributed by atoms with van der Waals surface area (Å²) in [4.78, 5) is 11.8. The van der Waals surface area contributed by atoms with E-state index in [1.54, 1.807) is 24.3 Å². The summed E-state index contributed by atoms with van der Waals surface area (Å²) in [6.07, 6.45) is 1.99. The van der Waals surface area contributed by atoms with E-state index in [9.17, 15) is 4.79 Å². The van der Waals surface area contributed by atoms with Gasteiger partial charge in [-0.25, -0.2) is 0 Å². The van der Waals surface area contributed by atoms with Crippen LogP contribution in [-0.2, 0) is 0 Å². The number of anilines is 2. The zero-order chi connectivity index (χ0) is 15.1. The Bertz CT molecular complexity index is 601. The Balaban J connectivity index is 1.97. The van der Waals surface area contributed by atoms with Gasteiger partial charge in [-0.2, -0.15) is 0 Å². The van der Waals surface area contributed by atoms with Crippen LogP contribution in [0.2, 0.25) is 5.02 Å². The van der Waals surface area contributed by atoms with E-state index in [1.165, 1.54) is 0 Å². The Morgan fingerprint density at radius 2 is 2.10 bits per heavy atom. The van der Waals surface area contributed by atoms with Crippen LogP contribution in [0.5, 0.6) is 0 Å². The van der Waals surface area contributed by atoms with Gasteiger partial charge in [0.25, 0.3) is 5.91 Å². The number of hydrogen-bond acceptors (Lipinski definition) is 4. The Morgan fingerprint density at radius 1 is 1.24 bits per heavy atom. The Kier molecular flexibility index (Phi) is 5.51. The molecule has 0 saturated carbocycles. The van der Waals surface area contributed by atoms with E-state index < -0.39 is 0 Å². The van der Waals surface area contributed by atoms with Gasteiger partial charge in [-0.3, -0.25) is 4.79 Å². The van der Waals surface area contributed by atoms with E-state index in [2.05, 4.69) is 27.8 Å². The van der Waals surface area contributed by atoms with Crippen molar-refractivity contribution in [2.24, 2.45) is 0 Å². The molecule has 0 aliphatic rings. The molecule has 2 rings (SSSR count). The van der Waals surface area contributed by atoms with Crippen molar-refractivity contribution in [3.05, 3.63) is 47.1 Å². The van der Waals surface area contributed by atoms with Gasteiger partial charge in [-0.15, -0.1) is 10.2 Å². The number of rotatable bonds is 6. The van der Waals surface area contributed by atoms with E-state index in [4.69, 9.17) is 11.6 Å². The number of unbranched alkanes of at least 4 members (excludes halogenated alkanes) is 1. The third-order valence-electron chi connectivity index (χ3n) is 2.81. The highest BCUT2D eigenvalue weighted by molar-refractivity contribution is 6.30. The van der Waals surface area contributed by atoms with Gasteiger partial charge in [0, 0.05) is 17.3 Å². The maximum absolute atomic E-state index is 11.8. The Labute approximate surface area is 128 Å². The van der Waals surface area contributed by atoms with Crippen LogP contribution in [0.15, 0.2) is 36.4 Å². The Morgan fingerprint density at radius 3 is 2.76 bits per heavy atom. The second kappa shape index (κ2) is 7.59. The molecule has 1 aromatic heterocycles. The predicted octanol–water partition coefficient (Wildman–Crippen LogP) is 3.40. The molecule has 110 valence electrons. The van der Waals surface area contributed by atoms with E-state index in [0.29, 0.717) is 23.1 Å². The first-order chi connectivity index (χ1) is 10.2. The van der Waals surface area contributed by atoms with Crippen LogP contribution in [0, 0.1) is 0 Å². The van der Waals surface area contributed by atoms with Crippen molar-refractivity contribution < 1.29 is 4.79 Å². The number of benzene rings is 1. The molecule has 6 heteroatoms. The highest BCUT2D eigenvalue weighted by Gasteiger charge is 2.07. The van der Waals surface area contributed by atoms with E-state index in [-0.39, 0.29) is 5.91 Å². The molecule has 0 radical (unpaired) electrons. The zero-order valence-electron chi connectivity index (χ0n) is 11.8. The average molecular weight is 305 g/mol. The maximum atomic E-state index is 11.8. The normalized spacial score (nSPS) is 10.2. The minimum absolute atomic E-state index is 0.203. The fourth-order valence-electron chi connectivity index (χ4n) is 1.70. The zero-order valence-corrected chi connectivity index (χ0v) is 12.5. The van der Waals surface area contributed by atoms with E-state index >= 15 is 0 Å². The molecule has 0 bridgehead atoms. The summed E-state index contributed by atoms with van der Waals surface area (Å²) in [5.74, 6) is 0.354. The second-order valence-corrected chi connectivity index (χ2v) is 4.99. The number of aromatic nitrogens is 2. The third kappa shape index (κ3) is 4.72. The maximum Gasteiger partial charge on any atom is 0.271 e. The minimum atomic E-state index is -0.203. The van der Waals surface area contributed by atoms with Gasteiger partial charge in [0.1, 0.15) is 0 Å². The molecule has 1 amide bonds. The van der Waals surface area contributed by atoms with E-state index in [1.807, 2.05) is 12.1 Å². The summed E-state index contributed by atoms with van der Waals surface area (Å²) in [7, 11) is 0. The summed E-state index contributed by atoms with van der Waals surface area (Å²) in [6.45, 7) is 2.72. The molecule has 2 N–H and O–H groups in total. The predicted molar refractivity (Wildman–Crippen MR) is 84.0 cm³/mol. The van der Waals surface area contributed by atoms with Gasteiger partial charge in [-0.1, -0.05) is 31.0 Å². The lowest BCUT2D eigenvalue weighted by atomic mass is 10.3. The second-order valence-electron chi connectivity index (χ2n) is 4.55. The first kappa shape index (κ1) is 15.3. The van der Waals surface area contributed by atoms with Crippen LogP contribution in [0.1, 0.15) is 30.3 Å². The summed E-state index contributed by atoms with van der Waals surface area (Å²) in [5, 5.41) is 14.4. The molecule has 0 saturated heterocycles. The molecule has 0 spiro atoms. The van der Waals surface area contributed by atoms with Gasteiger partial charge in [0.15, 0.2) is 11.5 Å². The van der Waals surface area contributed by atoms with Gasteiger partial charge in [0.2, 0.25) is 0 Å². The van der Waals surface area contributed by atoms with Gasteiger partial charge < -0.3 is 10.6 Å². The molecular formula is C15H17ClN4O. The molecular weight excluding hydrogens is 288 g/mol. The molecule has 21 heavy (non-hydrogen) atoms. The first-order valence-electron chi connectivity index (χ1n) is 6.83. The van der Waals surface area contributed by atoms with Crippen molar-refractivity contribution in [3.8, 4) is 0 Å². The van der Waals surface area contributed by atoms with Crippen LogP contribution in [-0.4, -0.2) is 22.6 Å². The molecule has 0 aliphatic carbocycles. The molecule has 2 aromatic rings. The fourth-order valence-corrected chi connectivity index (χ4v) is 1.89. The number of carbonyl (C=O) groups is 1. The number of amides is 1. The molecule has 0 aliphatic heterocycles. The van der Waals surface area contributed by atoms with E-state index in [0.717, 1.165) is 18.5 Å². The van der Waals surface area contributed by atoms with Gasteiger partial charge >= 0.3 is 0 Å². The number of nitrogens with one attached hydrogen (secondary N) is 2. The highest BCUT2D eigenvalue weighted by atomic mass is 35.5. The van der Waals surface area contributed by atoms with Crippen molar-refractivity contribution in [1.82, 2.24) is 15.5 Å². The molecule has 0 fully saturated rings. The topological polar surface area (TPSA) is 66.9 Å². The number of hydrogen-bond donors (Lipinski definition) is 2. The fraction of sp³-hybridized carbons (Fsp3) is 0.267. The molecule has 1 heterocycles. The summed E-state index contributed by atoms with van der Waals surface area (Å²) in [6, 6.07) is 10.6. The third-order valence-corrected chi connectivity index (χ3v) is 3.05. The lowest BCUT2D eigenvalue weighted by Gasteiger charge is -2.06. The standard InChI is InChI=1S/C15H17ClN4O/c1-2-3-9-17-15(21)13-7-8-14(20-19-13)18-12-6-4-5-11(16)10-12/h4-8,10H,2-3,9H2,1H3,(H,17,21)(H,18,20). The van der Waals surface area contributed by atoms with Crippen molar-refractivity contribution in [2.75, 3.05) is 11.9 Å². The van der Waals surface area contributed by atoms with Crippen molar-refractivity contribution in [2.45, 2.75) is 19.8 Å². The van der Waals surface area contributed by atoms with Crippen LogP contribution in [0.25, 0.3) is 0 Å². The van der Waals surface area contributed by atoms with Crippen molar-refractivity contribution in [3.63, 3.8) is 0 Å². The molecule has 1 aromatic carbocycles. The summed E-state index contributed by atoms with van der Waals surface area (Å²) < 4.78 is 0. The smallest absolute Gasteiger partial charge is 0.271 e. The number of nitrogens with zero attached hydrogens (tertiary/aromatic N) is 2. The first-order valence-corrected chi connectivity index (χ1v) is 7.21. The molecule has 0 atom stereocenters. The SMILES string of the molecule is CCCCNC(=O)c1ccc(Nc2cccc(Cl)c2)nn1. The van der Waals surface area contributed by atoms with Crippen molar-refractivity contribution in [1.29, 1.82) is 0 Å². The highest BCUT2D eigenvalue weighted by Crippen LogP contribution is 2.18. The van der Waals surface area contributed by atoms with Crippen LogP contribution in [0.4, 0.5) is 11.5 Å². The lowest BCUT2D eigenvalue weighted by molar-refractivity contribution is 0.0947. The van der Waals surface area contributed by atoms with Crippen molar-refractivity contribution >= 4 is 29.0 Å². The lowest BCUT2D eigenvalue weighted by Crippen LogP contribution is -2.25. The average Bonchev–Trinajstić information content (AvgIpc) is 2.48. The van der Waals surface area contributed by atoms with Crippen LogP contribution in [0.3, 0.4) is 0 Å². The quantitative estimate of drug-likeness (QED) is 0.803. The Hall–Kier alpha value is -2.14. The monoisotopic (exact) mass is 304 g/mol. The van der Waals surface area contributed by atoms with Crippen LogP contribution < -0.4 is 10.6 Å². The number of halogens is 1. The largest absolute Gasteiger partial charge is 0.351 e. The molecule has 0 unspecified atom stereocenters. The van der Waals surface area contributed by atoms with Gasteiger partial charge in [0.05, 0.1) is 0 Å². The molecule has 5 nitrogen and oxygen atoms in total.